The molecule has 1 saturated heterocycles. The Balaban J connectivity index is 1.91. The largest absolute Gasteiger partial charge is 0.377 e. The van der Waals surface area contributed by atoms with Gasteiger partial charge in [-0.2, -0.15) is 0 Å². The van der Waals surface area contributed by atoms with Gasteiger partial charge in [-0.1, -0.05) is 12.2 Å². The molecular weight excluding hydrogens is 150 g/mol. The summed E-state index contributed by atoms with van der Waals surface area (Å²) in [6.07, 6.45) is 2.51. The fourth-order valence-electron chi connectivity index (χ4n) is 1.46. The van der Waals surface area contributed by atoms with E-state index in [-0.39, 0.29) is 0 Å². The molecule has 1 heterocycles. The summed E-state index contributed by atoms with van der Waals surface area (Å²) in [4.78, 5) is 0. The fraction of sp³-hybridized carbons (Fsp3) is 0.800. The van der Waals surface area contributed by atoms with E-state index < -0.39 is 0 Å². The van der Waals surface area contributed by atoms with Crippen molar-refractivity contribution in [2.75, 3.05) is 26.3 Å². The van der Waals surface area contributed by atoms with Crippen molar-refractivity contribution in [3.8, 4) is 0 Å². The molecule has 1 fully saturated rings. The van der Waals surface area contributed by atoms with Crippen molar-refractivity contribution in [1.29, 1.82) is 0 Å². The Bertz CT molecular complexity index is 139. The van der Waals surface area contributed by atoms with Crippen LogP contribution in [0.4, 0.5) is 0 Å². The molecule has 1 rings (SSSR count). The molecule has 1 aliphatic heterocycles. The van der Waals surface area contributed by atoms with Crippen LogP contribution >= 0.6 is 0 Å². The summed E-state index contributed by atoms with van der Waals surface area (Å²) in [6, 6.07) is 0. The summed E-state index contributed by atoms with van der Waals surface area (Å²) in [7, 11) is 0. The maximum atomic E-state index is 5.43. The molecule has 0 aliphatic carbocycles. The minimum Gasteiger partial charge on any atom is -0.377 e. The number of rotatable bonds is 5. The van der Waals surface area contributed by atoms with Crippen LogP contribution in [0.25, 0.3) is 0 Å². The lowest BCUT2D eigenvalue weighted by molar-refractivity contribution is 0.142. The molecule has 2 heteroatoms. The molecule has 0 radical (unpaired) electrons. The molecule has 70 valence electrons. The van der Waals surface area contributed by atoms with Gasteiger partial charge in [-0.3, -0.25) is 0 Å². The summed E-state index contributed by atoms with van der Waals surface area (Å²) in [5.41, 5.74) is 1.11. The van der Waals surface area contributed by atoms with E-state index in [1.807, 2.05) is 6.92 Å². The lowest BCUT2D eigenvalue weighted by Crippen LogP contribution is -2.11. The van der Waals surface area contributed by atoms with Gasteiger partial charge in [0.1, 0.15) is 0 Å². The molecule has 1 unspecified atom stereocenters. The van der Waals surface area contributed by atoms with Crippen LogP contribution in [0.3, 0.4) is 0 Å². The zero-order valence-electron chi connectivity index (χ0n) is 7.94. The average Bonchev–Trinajstić information content (AvgIpc) is 2.49. The van der Waals surface area contributed by atoms with Gasteiger partial charge < -0.3 is 10.1 Å². The molecule has 0 aromatic rings. The number of ether oxygens (including phenoxy) is 1. The Morgan fingerprint density at radius 1 is 1.67 bits per heavy atom. The number of nitrogens with one attached hydrogen (secondary N) is 1. The van der Waals surface area contributed by atoms with E-state index in [4.69, 9.17) is 4.74 Å². The molecule has 1 aliphatic rings. The predicted molar refractivity (Wildman–Crippen MR) is 51.2 cm³/mol. The highest BCUT2D eigenvalue weighted by Crippen LogP contribution is 2.11. The zero-order valence-corrected chi connectivity index (χ0v) is 7.94. The Morgan fingerprint density at radius 3 is 3.08 bits per heavy atom. The summed E-state index contributed by atoms with van der Waals surface area (Å²) < 4.78 is 5.43. The third-order valence-corrected chi connectivity index (χ3v) is 2.18. The molecule has 0 spiro atoms. The highest BCUT2D eigenvalue weighted by molar-refractivity contribution is 4.87. The van der Waals surface area contributed by atoms with Crippen LogP contribution in [0.15, 0.2) is 12.2 Å². The third kappa shape index (κ3) is 3.88. The van der Waals surface area contributed by atoms with Crippen LogP contribution in [0, 0.1) is 5.92 Å². The highest BCUT2D eigenvalue weighted by Gasteiger charge is 2.13. The summed E-state index contributed by atoms with van der Waals surface area (Å²) >= 11 is 0. The highest BCUT2D eigenvalue weighted by atomic mass is 16.5. The van der Waals surface area contributed by atoms with Crippen molar-refractivity contribution in [1.82, 2.24) is 5.32 Å². The predicted octanol–water partition coefficient (Wildman–Crippen LogP) is 1.58. The molecule has 0 aromatic carbocycles. The van der Waals surface area contributed by atoms with Gasteiger partial charge in [0.2, 0.25) is 0 Å². The molecule has 1 atom stereocenters. The Kier molecular flexibility index (Phi) is 4.33. The van der Waals surface area contributed by atoms with E-state index in [9.17, 15) is 0 Å². The molecule has 0 amide bonds. The van der Waals surface area contributed by atoms with Crippen molar-refractivity contribution in [3.05, 3.63) is 12.2 Å². The SMILES string of the molecule is C=C(C)COCCC1CCNC1. The molecule has 0 bridgehead atoms. The molecule has 12 heavy (non-hydrogen) atoms. The lowest BCUT2D eigenvalue weighted by Gasteiger charge is -2.08. The van der Waals surface area contributed by atoms with Crippen LogP contribution in [0.2, 0.25) is 0 Å². The smallest absolute Gasteiger partial charge is 0.0671 e. The summed E-state index contributed by atoms with van der Waals surface area (Å²) in [5, 5.41) is 3.35. The van der Waals surface area contributed by atoms with Gasteiger partial charge in [0.25, 0.3) is 0 Å². The van der Waals surface area contributed by atoms with Gasteiger partial charge in [-0.15, -0.1) is 0 Å². The first-order valence-electron chi connectivity index (χ1n) is 4.72. The molecule has 1 N–H and O–H groups in total. The number of hydrogen-bond donors (Lipinski definition) is 1. The fourth-order valence-corrected chi connectivity index (χ4v) is 1.46. The quantitative estimate of drug-likeness (QED) is 0.498. The third-order valence-electron chi connectivity index (χ3n) is 2.18. The van der Waals surface area contributed by atoms with Crippen LogP contribution < -0.4 is 5.32 Å². The van der Waals surface area contributed by atoms with E-state index >= 15 is 0 Å². The normalized spacial score (nSPS) is 22.9. The van der Waals surface area contributed by atoms with Crippen molar-refractivity contribution < 1.29 is 4.74 Å². The van der Waals surface area contributed by atoms with E-state index in [2.05, 4.69) is 11.9 Å². The Morgan fingerprint density at radius 2 is 2.50 bits per heavy atom. The van der Waals surface area contributed by atoms with Crippen LogP contribution in [0.1, 0.15) is 19.8 Å². The van der Waals surface area contributed by atoms with Gasteiger partial charge in [0, 0.05) is 6.61 Å². The minimum atomic E-state index is 0.722. The molecule has 2 nitrogen and oxygen atoms in total. The minimum absolute atomic E-state index is 0.722. The van der Waals surface area contributed by atoms with E-state index in [1.165, 1.54) is 25.9 Å². The van der Waals surface area contributed by atoms with Crippen molar-refractivity contribution in [2.45, 2.75) is 19.8 Å². The van der Waals surface area contributed by atoms with Gasteiger partial charge in [-0.25, -0.2) is 0 Å². The maximum absolute atomic E-state index is 5.43. The molecular formula is C10H19NO. The van der Waals surface area contributed by atoms with E-state index in [0.29, 0.717) is 0 Å². The summed E-state index contributed by atoms with van der Waals surface area (Å²) in [6.45, 7) is 9.76. The van der Waals surface area contributed by atoms with E-state index in [0.717, 1.165) is 24.7 Å². The van der Waals surface area contributed by atoms with Crippen molar-refractivity contribution in [3.63, 3.8) is 0 Å². The Hall–Kier alpha value is -0.340. The second-order valence-corrected chi connectivity index (χ2v) is 3.66. The molecule has 0 saturated carbocycles. The monoisotopic (exact) mass is 169 g/mol. The van der Waals surface area contributed by atoms with Crippen LogP contribution in [0.5, 0.6) is 0 Å². The van der Waals surface area contributed by atoms with Crippen molar-refractivity contribution in [2.24, 2.45) is 5.92 Å². The average molecular weight is 169 g/mol. The van der Waals surface area contributed by atoms with E-state index in [1.54, 1.807) is 0 Å². The first-order valence-corrected chi connectivity index (χ1v) is 4.72. The van der Waals surface area contributed by atoms with Gasteiger partial charge in [-0.05, 0) is 38.8 Å². The zero-order chi connectivity index (χ0) is 8.81. The van der Waals surface area contributed by atoms with Gasteiger partial charge in [0.15, 0.2) is 0 Å². The van der Waals surface area contributed by atoms with Crippen LogP contribution in [-0.2, 0) is 4.74 Å². The van der Waals surface area contributed by atoms with Gasteiger partial charge in [0.05, 0.1) is 6.61 Å². The van der Waals surface area contributed by atoms with Crippen LogP contribution in [-0.4, -0.2) is 26.3 Å². The second kappa shape index (κ2) is 5.33. The first-order chi connectivity index (χ1) is 5.79. The first kappa shape index (κ1) is 9.75. The topological polar surface area (TPSA) is 21.3 Å². The van der Waals surface area contributed by atoms with Crippen molar-refractivity contribution >= 4 is 0 Å². The standard InChI is InChI=1S/C10H19NO/c1-9(2)8-12-6-4-10-3-5-11-7-10/h10-11H,1,3-8H2,2H3. The lowest BCUT2D eigenvalue weighted by atomic mass is 10.1. The second-order valence-electron chi connectivity index (χ2n) is 3.66. The van der Waals surface area contributed by atoms with Gasteiger partial charge >= 0.3 is 0 Å². The summed E-state index contributed by atoms with van der Waals surface area (Å²) in [5.74, 6) is 0.843. The number of hydrogen-bond acceptors (Lipinski definition) is 2. The Labute approximate surface area is 75.0 Å². The maximum Gasteiger partial charge on any atom is 0.0671 e. The molecule has 0 aromatic heterocycles.